The number of allylic oxidation sites excluding steroid dienone is 2. The topological polar surface area (TPSA) is 34.1 Å². The van der Waals surface area contributed by atoms with Gasteiger partial charge in [0.05, 0.1) is 0 Å². The van der Waals surface area contributed by atoms with Crippen LogP contribution in [0.4, 0.5) is 0 Å². The lowest BCUT2D eigenvalue weighted by atomic mass is 9.95. The Kier molecular flexibility index (Phi) is 8.44. The fourth-order valence-electron chi connectivity index (χ4n) is 2.70. The number of carbonyl (C=O) groups excluding carboxylic acids is 2. The van der Waals surface area contributed by atoms with Crippen LogP contribution in [0, 0.1) is 6.92 Å². The number of hydrogen-bond acceptors (Lipinski definition) is 2. The Morgan fingerprint density at radius 2 is 1.54 bits per heavy atom. The quantitative estimate of drug-likeness (QED) is 0.466. The zero-order valence-corrected chi connectivity index (χ0v) is 16.2. The summed E-state index contributed by atoms with van der Waals surface area (Å²) >= 11 is 0. The van der Waals surface area contributed by atoms with Crippen LogP contribution in [0.5, 0.6) is 0 Å². The van der Waals surface area contributed by atoms with Crippen molar-refractivity contribution in [2.75, 3.05) is 0 Å². The number of rotatable bonds is 6. The van der Waals surface area contributed by atoms with Crippen molar-refractivity contribution in [3.8, 4) is 0 Å². The summed E-state index contributed by atoms with van der Waals surface area (Å²) in [5.41, 5.74) is 4.94. The summed E-state index contributed by atoms with van der Waals surface area (Å²) in [6.07, 6.45) is 3.61. The van der Waals surface area contributed by atoms with Gasteiger partial charge in [-0.1, -0.05) is 82.0 Å². The molecule has 0 radical (unpaired) electrons. The maximum Gasteiger partial charge on any atom is 0.185 e. The highest BCUT2D eigenvalue weighted by molar-refractivity contribution is 6.05. The predicted molar refractivity (Wildman–Crippen MR) is 110 cm³/mol. The molecule has 2 aromatic rings. The number of ketones is 2. The van der Waals surface area contributed by atoms with Gasteiger partial charge in [0.1, 0.15) is 0 Å². The van der Waals surface area contributed by atoms with Crippen molar-refractivity contribution in [2.24, 2.45) is 0 Å². The minimum atomic E-state index is 0.00398. The molecule has 0 aliphatic rings. The maximum atomic E-state index is 11.4. The Morgan fingerprint density at radius 3 is 2.08 bits per heavy atom. The zero-order valence-electron chi connectivity index (χ0n) is 16.2. The van der Waals surface area contributed by atoms with Crippen LogP contribution in [-0.2, 0) is 6.42 Å². The molecule has 2 nitrogen and oxygen atoms in total. The van der Waals surface area contributed by atoms with Crippen LogP contribution in [0.2, 0.25) is 0 Å². The van der Waals surface area contributed by atoms with E-state index in [0.717, 1.165) is 28.7 Å². The number of benzene rings is 2. The second-order valence-corrected chi connectivity index (χ2v) is 6.39. The predicted octanol–water partition coefficient (Wildman–Crippen LogP) is 6.10. The Labute approximate surface area is 157 Å². The van der Waals surface area contributed by atoms with Crippen molar-refractivity contribution in [3.05, 3.63) is 95.6 Å². The Morgan fingerprint density at radius 1 is 0.962 bits per heavy atom. The maximum absolute atomic E-state index is 11.4. The first-order valence-electron chi connectivity index (χ1n) is 8.87. The van der Waals surface area contributed by atoms with E-state index in [0.29, 0.717) is 5.92 Å². The third-order valence-electron chi connectivity index (χ3n) is 4.13. The highest BCUT2D eigenvalue weighted by Crippen LogP contribution is 2.19. The molecule has 2 heteroatoms. The van der Waals surface area contributed by atoms with Gasteiger partial charge in [-0.2, -0.15) is 0 Å². The zero-order chi connectivity index (χ0) is 19.7. The summed E-state index contributed by atoms with van der Waals surface area (Å²) in [6.45, 7) is 15.2. The van der Waals surface area contributed by atoms with Crippen molar-refractivity contribution in [2.45, 2.75) is 40.0 Å². The number of hydrogen-bond donors (Lipinski definition) is 0. The number of carbonyl (C=O) groups is 2. The molecule has 0 bridgehead atoms. The first-order chi connectivity index (χ1) is 12.3. The molecule has 0 aromatic heterocycles. The fourth-order valence-corrected chi connectivity index (χ4v) is 2.70. The third-order valence-corrected chi connectivity index (χ3v) is 4.13. The van der Waals surface area contributed by atoms with Gasteiger partial charge in [0.15, 0.2) is 11.6 Å². The van der Waals surface area contributed by atoms with Crippen LogP contribution in [-0.4, -0.2) is 11.6 Å². The van der Waals surface area contributed by atoms with E-state index in [1.807, 2.05) is 43.3 Å². The van der Waals surface area contributed by atoms with Crippen LogP contribution in [0.25, 0.3) is 0 Å². The molecule has 0 heterocycles. The van der Waals surface area contributed by atoms with Crippen LogP contribution in [0.15, 0.2) is 67.8 Å². The Bertz CT molecular complexity index is 798. The van der Waals surface area contributed by atoms with E-state index in [4.69, 9.17) is 0 Å². The molecule has 0 N–H and O–H groups in total. The molecule has 0 saturated heterocycles. The minimum Gasteiger partial charge on any atom is -0.289 e. The molecule has 136 valence electrons. The summed E-state index contributed by atoms with van der Waals surface area (Å²) < 4.78 is 0. The van der Waals surface area contributed by atoms with E-state index in [1.54, 1.807) is 0 Å². The van der Waals surface area contributed by atoms with Gasteiger partial charge in [0.25, 0.3) is 0 Å². The molecule has 0 fully saturated rings. The van der Waals surface area contributed by atoms with Crippen molar-refractivity contribution in [3.63, 3.8) is 0 Å². The average Bonchev–Trinajstić information content (AvgIpc) is 2.67. The third kappa shape index (κ3) is 5.66. The van der Waals surface area contributed by atoms with E-state index in [2.05, 4.69) is 40.0 Å². The molecule has 0 aliphatic heterocycles. The van der Waals surface area contributed by atoms with E-state index in [-0.39, 0.29) is 11.6 Å². The molecular weight excluding hydrogens is 320 g/mol. The van der Waals surface area contributed by atoms with Crippen LogP contribution in [0.1, 0.15) is 64.1 Å². The van der Waals surface area contributed by atoms with Gasteiger partial charge in [-0.15, -0.1) is 0 Å². The van der Waals surface area contributed by atoms with Gasteiger partial charge in [-0.3, -0.25) is 9.59 Å². The molecule has 0 amide bonds. The first-order valence-corrected chi connectivity index (χ1v) is 8.87. The lowest BCUT2D eigenvalue weighted by Gasteiger charge is -2.09. The van der Waals surface area contributed by atoms with Gasteiger partial charge in [0, 0.05) is 11.1 Å². The Hall–Kier alpha value is -2.74. The van der Waals surface area contributed by atoms with Gasteiger partial charge in [-0.05, 0) is 42.5 Å². The first kappa shape index (κ1) is 21.3. The minimum absolute atomic E-state index is 0.00398. The summed E-state index contributed by atoms with van der Waals surface area (Å²) in [5.74, 6) is 0.390. The molecule has 0 spiro atoms. The summed E-state index contributed by atoms with van der Waals surface area (Å²) in [4.78, 5) is 22.8. The second kappa shape index (κ2) is 10.3. The van der Waals surface area contributed by atoms with Crippen LogP contribution in [0.3, 0.4) is 0 Å². The molecule has 0 unspecified atom stereocenters. The van der Waals surface area contributed by atoms with Crippen LogP contribution >= 0.6 is 0 Å². The van der Waals surface area contributed by atoms with Crippen molar-refractivity contribution < 1.29 is 9.59 Å². The van der Waals surface area contributed by atoms with Crippen molar-refractivity contribution >= 4 is 11.6 Å². The lowest BCUT2D eigenvalue weighted by Crippen LogP contribution is -2.01. The van der Waals surface area contributed by atoms with Gasteiger partial charge >= 0.3 is 0 Å². The van der Waals surface area contributed by atoms with Gasteiger partial charge in [-0.25, -0.2) is 0 Å². The highest BCUT2D eigenvalue weighted by atomic mass is 16.1. The second-order valence-electron chi connectivity index (χ2n) is 6.39. The van der Waals surface area contributed by atoms with Gasteiger partial charge in [0.2, 0.25) is 0 Å². The highest BCUT2D eigenvalue weighted by Gasteiger charge is 2.09. The fraction of sp³-hybridized carbons (Fsp3) is 0.250. The largest absolute Gasteiger partial charge is 0.289 e. The lowest BCUT2D eigenvalue weighted by molar-refractivity contribution is 0.103. The molecule has 2 rings (SSSR count). The van der Waals surface area contributed by atoms with Gasteiger partial charge < -0.3 is 0 Å². The van der Waals surface area contributed by atoms with E-state index >= 15 is 0 Å². The van der Waals surface area contributed by atoms with Crippen molar-refractivity contribution in [1.29, 1.82) is 0 Å². The summed E-state index contributed by atoms with van der Waals surface area (Å²) in [7, 11) is 0. The summed E-state index contributed by atoms with van der Waals surface area (Å²) in [5, 5.41) is 0. The standard InChI is InChI=1S/2C12H14O/c1-4-12(13)11-8-6-5-7-10(11)9(2)3;1-4-10-8-9(3)6-7-11(10)12(13)5-2/h4-9H,1H2,2-3H3;5-8H,2,4H2,1,3H3. The van der Waals surface area contributed by atoms with Crippen LogP contribution < -0.4 is 0 Å². The normalized spacial score (nSPS) is 9.88. The summed E-state index contributed by atoms with van der Waals surface area (Å²) in [6, 6.07) is 13.5. The SMILES string of the molecule is C=CC(=O)c1ccc(C)cc1CC.C=CC(=O)c1ccccc1C(C)C. The van der Waals surface area contributed by atoms with E-state index in [9.17, 15) is 9.59 Å². The Balaban J connectivity index is 0.000000260. The monoisotopic (exact) mass is 348 g/mol. The molecule has 2 aromatic carbocycles. The van der Waals surface area contributed by atoms with Crippen molar-refractivity contribution in [1.82, 2.24) is 0 Å². The van der Waals surface area contributed by atoms with E-state index < -0.39 is 0 Å². The smallest absolute Gasteiger partial charge is 0.185 e. The molecular formula is C24H28O2. The average molecular weight is 348 g/mol. The molecule has 0 saturated carbocycles. The molecule has 0 atom stereocenters. The van der Waals surface area contributed by atoms with E-state index in [1.165, 1.54) is 17.7 Å². The number of aryl methyl sites for hydroxylation is 2. The molecule has 0 aliphatic carbocycles. The molecule has 26 heavy (non-hydrogen) atoms.